The van der Waals surface area contributed by atoms with E-state index >= 15 is 0 Å². The summed E-state index contributed by atoms with van der Waals surface area (Å²) in [6, 6.07) is 4.68. The van der Waals surface area contributed by atoms with Crippen molar-refractivity contribution in [3.63, 3.8) is 0 Å². The van der Waals surface area contributed by atoms with E-state index in [0.717, 1.165) is 63.9 Å². The third-order valence-corrected chi connectivity index (χ3v) is 4.55. The van der Waals surface area contributed by atoms with Gasteiger partial charge >= 0.3 is 0 Å². The third kappa shape index (κ3) is 2.61. The van der Waals surface area contributed by atoms with Gasteiger partial charge in [-0.1, -0.05) is 0 Å². The van der Waals surface area contributed by atoms with Crippen LogP contribution < -0.4 is 0 Å². The van der Waals surface area contributed by atoms with Crippen molar-refractivity contribution < 1.29 is 4.74 Å². The second-order valence-corrected chi connectivity index (χ2v) is 5.84. The number of aromatic nitrogens is 4. The molecule has 2 aromatic heterocycles. The first-order chi connectivity index (χ1) is 10.4. The number of nitrogens with zero attached hydrogens (tertiary/aromatic N) is 5. The average Bonchev–Trinajstić information content (AvgIpc) is 3.22. The normalized spacial score (nSPS) is 23.1. The van der Waals surface area contributed by atoms with Gasteiger partial charge in [0, 0.05) is 51.1 Å². The summed E-state index contributed by atoms with van der Waals surface area (Å²) in [5.74, 6) is 2.18. The van der Waals surface area contributed by atoms with Crippen molar-refractivity contribution in [2.45, 2.75) is 32.0 Å². The van der Waals surface area contributed by atoms with E-state index in [-0.39, 0.29) is 0 Å². The maximum absolute atomic E-state index is 5.52. The Morgan fingerprint density at radius 1 is 1.14 bits per heavy atom. The van der Waals surface area contributed by atoms with Crippen LogP contribution in [0.25, 0.3) is 0 Å². The van der Waals surface area contributed by atoms with E-state index in [9.17, 15) is 0 Å². The first-order valence-corrected chi connectivity index (χ1v) is 7.73. The van der Waals surface area contributed by atoms with Crippen molar-refractivity contribution >= 4 is 0 Å². The van der Waals surface area contributed by atoms with Crippen LogP contribution in [-0.2, 0) is 24.2 Å². The maximum atomic E-state index is 5.52. The standard InChI is InChI=1S/C15H21N5O/c1-2-6-18(5-1)11-15-17-16-14-3-7-19(8-9-20(14)15)13-4-10-21-12-13/h1-2,5-6,13H,3-4,7-12H2. The first-order valence-electron chi connectivity index (χ1n) is 7.73. The predicted octanol–water partition coefficient (Wildman–Crippen LogP) is 0.775. The summed E-state index contributed by atoms with van der Waals surface area (Å²) in [4.78, 5) is 2.56. The van der Waals surface area contributed by atoms with Gasteiger partial charge in [-0.2, -0.15) is 0 Å². The zero-order valence-electron chi connectivity index (χ0n) is 12.2. The molecule has 21 heavy (non-hydrogen) atoms. The molecule has 0 N–H and O–H groups in total. The first kappa shape index (κ1) is 13.0. The van der Waals surface area contributed by atoms with Crippen molar-refractivity contribution in [3.8, 4) is 0 Å². The fourth-order valence-corrected chi connectivity index (χ4v) is 3.33. The van der Waals surface area contributed by atoms with Crippen molar-refractivity contribution in [1.82, 2.24) is 24.2 Å². The molecule has 1 atom stereocenters. The summed E-state index contributed by atoms with van der Waals surface area (Å²) in [5, 5.41) is 8.79. The number of fused-ring (bicyclic) bond motifs is 1. The molecule has 0 aromatic carbocycles. The van der Waals surface area contributed by atoms with Gasteiger partial charge < -0.3 is 13.9 Å². The minimum Gasteiger partial charge on any atom is -0.380 e. The molecule has 0 aliphatic carbocycles. The lowest BCUT2D eigenvalue weighted by molar-refractivity contribution is 0.145. The highest BCUT2D eigenvalue weighted by atomic mass is 16.5. The second-order valence-electron chi connectivity index (χ2n) is 5.84. The van der Waals surface area contributed by atoms with Crippen LogP contribution in [0, 0.1) is 0 Å². The van der Waals surface area contributed by atoms with Crippen LogP contribution in [0.15, 0.2) is 24.5 Å². The zero-order chi connectivity index (χ0) is 14.1. The Labute approximate surface area is 124 Å². The van der Waals surface area contributed by atoms with Gasteiger partial charge in [0.1, 0.15) is 5.82 Å². The lowest BCUT2D eigenvalue weighted by Crippen LogP contribution is -2.37. The van der Waals surface area contributed by atoms with Crippen LogP contribution in [0.2, 0.25) is 0 Å². The molecule has 0 bridgehead atoms. The van der Waals surface area contributed by atoms with Crippen LogP contribution >= 0.6 is 0 Å². The summed E-state index contributed by atoms with van der Waals surface area (Å²) < 4.78 is 9.97. The molecule has 2 aromatic rings. The molecule has 2 aliphatic rings. The molecule has 6 heteroatoms. The minimum atomic E-state index is 0.593. The molecule has 4 heterocycles. The molecule has 4 rings (SSSR count). The summed E-state index contributed by atoms with van der Waals surface area (Å²) in [6.07, 6.45) is 6.28. The summed E-state index contributed by atoms with van der Waals surface area (Å²) in [7, 11) is 0. The third-order valence-electron chi connectivity index (χ3n) is 4.55. The van der Waals surface area contributed by atoms with E-state index in [1.54, 1.807) is 0 Å². The zero-order valence-corrected chi connectivity index (χ0v) is 12.2. The minimum absolute atomic E-state index is 0.593. The Hall–Kier alpha value is -1.66. The van der Waals surface area contributed by atoms with Gasteiger partial charge in [0.15, 0.2) is 5.82 Å². The number of ether oxygens (including phenoxy) is 1. The molecule has 0 saturated carbocycles. The highest BCUT2D eigenvalue weighted by Gasteiger charge is 2.26. The number of rotatable bonds is 3. The van der Waals surface area contributed by atoms with Gasteiger partial charge in [0.05, 0.1) is 13.2 Å². The van der Waals surface area contributed by atoms with Crippen LogP contribution in [0.4, 0.5) is 0 Å². The van der Waals surface area contributed by atoms with E-state index in [4.69, 9.17) is 4.74 Å². The maximum Gasteiger partial charge on any atom is 0.153 e. The molecule has 6 nitrogen and oxygen atoms in total. The van der Waals surface area contributed by atoms with Crippen LogP contribution in [0.5, 0.6) is 0 Å². The van der Waals surface area contributed by atoms with Crippen molar-refractivity contribution in [3.05, 3.63) is 36.2 Å². The summed E-state index contributed by atoms with van der Waals surface area (Å²) >= 11 is 0. The summed E-state index contributed by atoms with van der Waals surface area (Å²) in [6.45, 7) is 5.71. The molecule has 0 radical (unpaired) electrons. The molecular formula is C15H21N5O. The van der Waals surface area contributed by atoms with Crippen molar-refractivity contribution in [2.75, 3.05) is 26.3 Å². The van der Waals surface area contributed by atoms with E-state index in [0.29, 0.717) is 6.04 Å². The fourth-order valence-electron chi connectivity index (χ4n) is 3.33. The molecule has 2 aliphatic heterocycles. The van der Waals surface area contributed by atoms with Gasteiger partial charge in [-0.3, -0.25) is 4.90 Å². The van der Waals surface area contributed by atoms with Crippen molar-refractivity contribution in [1.29, 1.82) is 0 Å². The monoisotopic (exact) mass is 287 g/mol. The van der Waals surface area contributed by atoms with E-state index < -0.39 is 0 Å². The number of hydrogen-bond acceptors (Lipinski definition) is 4. The van der Waals surface area contributed by atoms with Crippen LogP contribution in [0.1, 0.15) is 18.1 Å². The molecule has 1 saturated heterocycles. The fraction of sp³-hybridized carbons (Fsp3) is 0.600. The second kappa shape index (κ2) is 5.61. The Balaban J connectivity index is 1.49. The largest absolute Gasteiger partial charge is 0.380 e. The van der Waals surface area contributed by atoms with E-state index in [2.05, 4.69) is 36.6 Å². The molecule has 112 valence electrons. The van der Waals surface area contributed by atoms with Gasteiger partial charge in [-0.25, -0.2) is 0 Å². The van der Waals surface area contributed by atoms with Crippen molar-refractivity contribution in [2.24, 2.45) is 0 Å². The molecule has 1 fully saturated rings. The van der Waals surface area contributed by atoms with E-state index in [1.807, 2.05) is 12.1 Å². The Kier molecular flexibility index (Phi) is 3.48. The Morgan fingerprint density at radius 2 is 2.05 bits per heavy atom. The smallest absolute Gasteiger partial charge is 0.153 e. The van der Waals surface area contributed by atoms with Gasteiger partial charge in [-0.05, 0) is 18.6 Å². The van der Waals surface area contributed by atoms with E-state index in [1.165, 1.54) is 0 Å². The van der Waals surface area contributed by atoms with Gasteiger partial charge in [0.2, 0.25) is 0 Å². The Bertz CT molecular complexity index is 585. The SMILES string of the molecule is c1ccn(Cc2nnc3n2CCN(C2CCOC2)CC3)c1. The molecule has 0 amide bonds. The highest BCUT2D eigenvalue weighted by molar-refractivity contribution is 5.02. The average molecular weight is 287 g/mol. The lowest BCUT2D eigenvalue weighted by Gasteiger charge is -2.25. The van der Waals surface area contributed by atoms with Gasteiger partial charge in [-0.15, -0.1) is 10.2 Å². The molecule has 0 spiro atoms. The van der Waals surface area contributed by atoms with Crippen LogP contribution in [-0.4, -0.2) is 56.6 Å². The quantitative estimate of drug-likeness (QED) is 0.837. The van der Waals surface area contributed by atoms with Crippen LogP contribution in [0.3, 0.4) is 0 Å². The highest BCUT2D eigenvalue weighted by Crippen LogP contribution is 2.17. The molecular weight excluding hydrogens is 266 g/mol. The van der Waals surface area contributed by atoms with Gasteiger partial charge in [0.25, 0.3) is 0 Å². The topological polar surface area (TPSA) is 48.1 Å². The molecule has 1 unspecified atom stereocenters. The number of hydrogen-bond donors (Lipinski definition) is 0. The Morgan fingerprint density at radius 3 is 2.86 bits per heavy atom. The predicted molar refractivity (Wildman–Crippen MR) is 78.1 cm³/mol. The summed E-state index contributed by atoms with van der Waals surface area (Å²) in [5.41, 5.74) is 0. The lowest BCUT2D eigenvalue weighted by atomic mass is 10.2.